The third kappa shape index (κ3) is 3.27. The lowest BCUT2D eigenvalue weighted by Gasteiger charge is -2.31. The number of para-hydroxylation sites is 1. The number of carbonyl (C=O) groups excluding carboxylic acids is 2. The maximum atomic E-state index is 12.2. The first-order chi connectivity index (χ1) is 9.61. The van der Waals surface area contributed by atoms with Crippen molar-refractivity contribution in [1.82, 2.24) is 4.90 Å². The molecule has 6 nitrogen and oxygen atoms in total. The second kappa shape index (κ2) is 6.38. The van der Waals surface area contributed by atoms with Gasteiger partial charge in [-0.3, -0.25) is 0 Å². The first-order valence-electron chi connectivity index (χ1n) is 6.46. The normalized spacial score (nSPS) is 18.5. The van der Waals surface area contributed by atoms with Crippen LogP contribution in [0.2, 0.25) is 0 Å². The van der Waals surface area contributed by atoms with Crippen LogP contribution in [0.4, 0.5) is 10.5 Å². The zero-order valence-electron chi connectivity index (χ0n) is 11.6. The largest absolute Gasteiger partial charge is 0.465 e. The van der Waals surface area contributed by atoms with Crippen molar-refractivity contribution in [2.24, 2.45) is 0 Å². The Bertz CT molecular complexity index is 504. The molecule has 1 heterocycles. The smallest absolute Gasteiger partial charge is 0.339 e. The van der Waals surface area contributed by atoms with E-state index in [0.29, 0.717) is 30.9 Å². The third-order valence-corrected chi connectivity index (χ3v) is 3.10. The molecule has 0 bridgehead atoms. The molecule has 0 aromatic heterocycles. The lowest BCUT2D eigenvalue weighted by atomic mass is 10.2. The van der Waals surface area contributed by atoms with Crippen LogP contribution in [0, 0.1) is 0 Å². The molecule has 6 heteroatoms. The minimum atomic E-state index is -0.476. The van der Waals surface area contributed by atoms with E-state index < -0.39 is 5.97 Å². The molecule has 0 spiro atoms. The lowest BCUT2D eigenvalue weighted by molar-refractivity contribution is -0.00139. The molecule has 1 fully saturated rings. The van der Waals surface area contributed by atoms with Crippen LogP contribution in [0.25, 0.3) is 0 Å². The van der Waals surface area contributed by atoms with Gasteiger partial charge in [-0.2, -0.15) is 0 Å². The van der Waals surface area contributed by atoms with E-state index in [4.69, 9.17) is 9.47 Å². The summed E-state index contributed by atoms with van der Waals surface area (Å²) in [5.41, 5.74) is 0.785. The molecule has 108 valence electrons. The SMILES string of the molecule is COC(=O)c1ccccc1NC(=O)N1CCO[C@H](C)C1. The maximum Gasteiger partial charge on any atom is 0.339 e. The van der Waals surface area contributed by atoms with Gasteiger partial charge in [0.15, 0.2) is 0 Å². The van der Waals surface area contributed by atoms with Crippen molar-refractivity contribution in [2.75, 3.05) is 32.1 Å². The van der Waals surface area contributed by atoms with E-state index in [1.165, 1.54) is 7.11 Å². The molecule has 1 N–H and O–H groups in total. The van der Waals surface area contributed by atoms with Gasteiger partial charge in [-0.1, -0.05) is 12.1 Å². The minimum Gasteiger partial charge on any atom is -0.465 e. The number of nitrogens with zero attached hydrogens (tertiary/aromatic N) is 1. The van der Waals surface area contributed by atoms with Crippen molar-refractivity contribution in [3.8, 4) is 0 Å². The summed E-state index contributed by atoms with van der Waals surface area (Å²) in [6, 6.07) is 6.52. The second-order valence-corrected chi connectivity index (χ2v) is 4.59. The monoisotopic (exact) mass is 278 g/mol. The number of ether oxygens (including phenoxy) is 2. The van der Waals surface area contributed by atoms with Crippen LogP contribution in [0.15, 0.2) is 24.3 Å². The number of nitrogens with one attached hydrogen (secondary N) is 1. The highest BCUT2D eigenvalue weighted by Crippen LogP contribution is 2.17. The van der Waals surface area contributed by atoms with Gasteiger partial charge in [0.25, 0.3) is 0 Å². The Kier molecular flexibility index (Phi) is 4.57. The summed E-state index contributed by atoms with van der Waals surface area (Å²) in [6.07, 6.45) is 0.0188. The van der Waals surface area contributed by atoms with Gasteiger partial charge in [0.2, 0.25) is 0 Å². The highest BCUT2D eigenvalue weighted by molar-refractivity contribution is 6.00. The van der Waals surface area contributed by atoms with E-state index in [1.807, 2.05) is 6.92 Å². The van der Waals surface area contributed by atoms with E-state index in [0.717, 1.165) is 0 Å². The number of amides is 2. The van der Waals surface area contributed by atoms with Crippen LogP contribution in [0.3, 0.4) is 0 Å². The number of hydrogen-bond acceptors (Lipinski definition) is 4. The molecule has 2 rings (SSSR count). The highest BCUT2D eigenvalue weighted by atomic mass is 16.5. The van der Waals surface area contributed by atoms with E-state index in [2.05, 4.69) is 5.32 Å². The Morgan fingerprint density at radius 3 is 2.85 bits per heavy atom. The van der Waals surface area contributed by atoms with Gasteiger partial charge in [-0.25, -0.2) is 9.59 Å². The molecule has 1 aromatic rings. The predicted octanol–water partition coefficient (Wildman–Crippen LogP) is 1.73. The predicted molar refractivity (Wildman–Crippen MR) is 73.8 cm³/mol. The fourth-order valence-electron chi connectivity index (χ4n) is 2.08. The zero-order chi connectivity index (χ0) is 14.5. The van der Waals surface area contributed by atoms with E-state index >= 15 is 0 Å². The molecule has 1 atom stereocenters. The number of hydrogen-bond donors (Lipinski definition) is 1. The molecule has 1 aliphatic heterocycles. The Morgan fingerprint density at radius 2 is 2.15 bits per heavy atom. The average Bonchev–Trinajstić information content (AvgIpc) is 2.47. The molecule has 0 unspecified atom stereocenters. The molecule has 20 heavy (non-hydrogen) atoms. The third-order valence-electron chi connectivity index (χ3n) is 3.10. The molecule has 1 aromatic carbocycles. The number of rotatable bonds is 2. The van der Waals surface area contributed by atoms with Crippen LogP contribution in [-0.2, 0) is 9.47 Å². The summed E-state index contributed by atoms with van der Waals surface area (Å²) in [6.45, 7) is 3.51. The fourth-order valence-corrected chi connectivity index (χ4v) is 2.08. The second-order valence-electron chi connectivity index (χ2n) is 4.59. The number of morpholine rings is 1. The molecule has 1 saturated heterocycles. The minimum absolute atomic E-state index is 0.0188. The summed E-state index contributed by atoms with van der Waals surface area (Å²) in [4.78, 5) is 25.5. The number of carbonyl (C=O) groups is 2. The Balaban J connectivity index is 2.09. The number of esters is 1. The van der Waals surface area contributed by atoms with E-state index in [1.54, 1.807) is 29.2 Å². The van der Waals surface area contributed by atoms with Gasteiger partial charge in [-0.05, 0) is 19.1 Å². The molecular formula is C14H18N2O4. The maximum absolute atomic E-state index is 12.2. The van der Waals surface area contributed by atoms with E-state index in [-0.39, 0.29) is 12.1 Å². The quantitative estimate of drug-likeness (QED) is 0.836. The van der Waals surface area contributed by atoms with Crippen molar-refractivity contribution in [3.63, 3.8) is 0 Å². The van der Waals surface area contributed by atoms with Gasteiger partial charge in [0.05, 0.1) is 31.1 Å². The van der Waals surface area contributed by atoms with Gasteiger partial charge in [0.1, 0.15) is 0 Å². The van der Waals surface area contributed by atoms with Crippen molar-refractivity contribution < 1.29 is 19.1 Å². The van der Waals surface area contributed by atoms with Crippen LogP contribution in [0.5, 0.6) is 0 Å². The Labute approximate surface area is 117 Å². The summed E-state index contributed by atoms with van der Waals surface area (Å²) in [5, 5.41) is 2.75. The van der Waals surface area contributed by atoms with Gasteiger partial charge >= 0.3 is 12.0 Å². The van der Waals surface area contributed by atoms with Crippen LogP contribution < -0.4 is 5.32 Å². The van der Waals surface area contributed by atoms with Gasteiger partial charge in [0, 0.05) is 13.1 Å². The first-order valence-corrected chi connectivity index (χ1v) is 6.46. The number of anilines is 1. The van der Waals surface area contributed by atoms with Gasteiger partial charge in [-0.15, -0.1) is 0 Å². The molecular weight excluding hydrogens is 260 g/mol. The van der Waals surface area contributed by atoms with Crippen molar-refractivity contribution >= 4 is 17.7 Å². The Hall–Kier alpha value is -2.08. The highest BCUT2D eigenvalue weighted by Gasteiger charge is 2.22. The number of urea groups is 1. The molecule has 0 radical (unpaired) electrons. The standard InChI is InChI=1S/C14H18N2O4/c1-10-9-16(7-8-20-10)14(18)15-12-6-4-3-5-11(12)13(17)19-2/h3-6,10H,7-9H2,1-2H3,(H,15,18)/t10-/m1/s1. The zero-order valence-corrected chi connectivity index (χ0v) is 11.6. The molecule has 1 aliphatic rings. The molecule has 0 aliphatic carbocycles. The topological polar surface area (TPSA) is 67.9 Å². The van der Waals surface area contributed by atoms with Gasteiger partial charge < -0.3 is 19.7 Å². The number of methoxy groups -OCH3 is 1. The van der Waals surface area contributed by atoms with Crippen LogP contribution in [-0.4, -0.2) is 49.8 Å². The van der Waals surface area contributed by atoms with Crippen molar-refractivity contribution in [2.45, 2.75) is 13.0 Å². The van der Waals surface area contributed by atoms with Crippen LogP contribution >= 0.6 is 0 Å². The Morgan fingerprint density at radius 1 is 1.40 bits per heavy atom. The fraction of sp³-hybridized carbons (Fsp3) is 0.429. The van der Waals surface area contributed by atoms with Crippen molar-refractivity contribution in [1.29, 1.82) is 0 Å². The molecule has 0 saturated carbocycles. The van der Waals surface area contributed by atoms with E-state index in [9.17, 15) is 9.59 Å². The summed E-state index contributed by atoms with van der Waals surface area (Å²) >= 11 is 0. The summed E-state index contributed by atoms with van der Waals surface area (Å²) < 4.78 is 10.1. The molecule has 2 amide bonds. The average molecular weight is 278 g/mol. The summed E-state index contributed by atoms with van der Waals surface area (Å²) in [5.74, 6) is -0.476. The summed E-state index contributed by atoms with van der Waals surface area (Å²) in [7, 11) is 1.31. The first kappa shape index (κ1) is 14.3. The van der Waals surface area contributed by atoms with Crippen molar-refractivity contribution in [3.05, 3.63) is 29.8 Å². The van der Waals surface area contributed by atoms with Crippen LogP contribution in [0.1, 0.15) is 17.3 Å². The lowest BCUT2D eigenvalue weighted by Crippen LogP contribution is -2.46. The number of benzene rings is 1.